The smallest absolute Gasteiger partial charge is 0.158 e. The highest BCUT2D eigenvalue weighted by Crippen LogP contribution is 2.23. The van der Waals surface area contributed by atoms with Gasteiger partial charge < -0.3 is 14.6 Å². The second kappa shape index (κ2) is 6.89. The fourth-order valence-electron chi connectivity index (χ4n) is 1.89. The Morgan fingerprint density at radius 3 is 2.53 bits per heavy atom. The first-order valence-corrected chi connectivity index (χ1v) is 7.40. The Balaban J connectivity index is 1.90. The summed E-state index contributed by atoms with van der Waals surface area (Å²) in [5, 5.41) is 2.29. The van der Waals surface area contributed by atoms with E-state index in [0.717, 1.165) is 34.6 Å². The van der Waals surface area contributed by atoms with Gasteiger partial charge >= 0.3 is 0 Å². The Morgan fingerprint density at radius 2 is 1.84 bits per heavy atom. The molecule has 0 amide bonds. The van der Waals surface area contributed by atoms with Crippen molar-refractivity contribution < 1.29 is 14.6 Å². The summed E-state index contributed by atoms with van der Waals surface area (Å²) in [7, 11) is 4.35. The lowest BCUT2D eigenvalue weighted by atomic mass is 10.2. The van der Waals surface area contributed by atoms with E-state index in [1.807, 2.05) is 18.2 Å². The first-order chi connectivity index (χ1) is 9.15. The van der Waals surface area contributed by atoms with Gasteiger partial charge in [0.2, 0.25) is 0 Å². The number of furan rings is 1. The highest BCUT2D eigenvalue weighted by molar-refractivity contribution is 9.10. The van der Waals surface area contributed by atoms with E-state index in [0.29, 0.717) is 0 Å². The van der Waals surface area contributed by atoms with Crippen LogP contribution in [0.4, 0.5) is 0 Å². The van der Waals surface area contributed by atoms with Gasteiger partial charge in [-0.2, -0.15) is 0 Å². The van der Waals surface area contributed by atoms with Gasteiger partial charge in [0.15, 0.2) is 5.76 Å². The summed E-state index contributed by atoms with van der Waals surface area (Å²) in [6.07, 6.45) is 0. The number of rotatable bonds is 6. The first kappa shape index (κ1) is 14.3. The van der Waals surface area contributed by atoms with Crippen molar-refractivity contribution in [3.63, 3.8) is 0 Å². The van der Waals surface area contributed by atoms with Gasteiger partial charge in [-0.3, -0.25) is 0 Å². The minimum Gasteiger partial charge on any atom is -0.455 e. The molecule has 0 aliphatic carbocycles. The highest BCUT2D eigenvalue weighted by Gasteiger charge is 2.06. The molecule has 1 aromatic carbocycles. The summed E-state index contributed by atoms with van der Waals surface area (Å²) in [4.78, 5) is 1.48. The minimum absolute atomic E-state index is 0.907. The predicted molar refractivity (Wildman–Crippen MR) is 80.0 cm³/mol. The molecule has 1 heterocycles. The number of halogens is 1. The number of nitrogens with one attached hydrogen (secondary N) is 1. The fourth-order valence-corrected chi connectivity index (χ4v) is 2.16. The van der Waals surface area contributed by atoms with Crippen LogP contribution < -0.4 is 10.2 Å². The van der Waals surface area contributed by atoms with Gasteiger partial charge in [0.05, 0.1) is 14.1 Å². The molecule has 1 aromatic heterocycles. The molecule has 0 saturated heterocycles. The maximum atomic E-state index is 5.86. The average Bonchev–Trinajstić information content (AvgIpc) is 2.84. The lowest BCUT2D eigenvalue weighted by Gasteiger charge is -2.04. The van der Waals surface area contributed by atoms with Gasteiger partial charge in [-0.05, 0) is 24.3 Å². The van der Waals surface area contributed by atoms with Crippen molar-refractivity contribution in [2.24, 2.45) is 0 Å². The Morgan fingerprint density at radius 1 is 1.11 bits per heavy atom. The molecule has 3 N–H and O–H groups in total. The SMILES string of the molecule is C[NH+](C)CC[NH2+]Cc1ccc(-c2ccc(Br)cc2)o1. The van der Waals surface area contributed by atoms with Crippen molar-refractivity contribution in [2.45, 2.75) is 6.54 Å². The Bertz CT molecular complexity index is 505. The predicted octanol–water partition coefficient (Wildman–Crippen LogP) is 0.917. The van der Waals surface area contributed by atoms with Crippen molar-refractivity contribution in [3.05, 3.63) is 46.6 Å². The third-order valence-electron chi connectivity index (χ3n) is 2.98. The second-order valence-electron chi connectivity index (χ2n) is 5.01. The molecule has 0 atom stereocenters. The molecular weight excluding hydrogens is 304 g/mol. The zero-order valence-electron chi connectivity index (χ0n) is 11.4. The van der Waals surface area contributed by atoms with E-state index in [1.165, 1.54) is 11.4 Å². The monoisotopic (exact) mass is 324 g/mol. The van der Waals surface area contributed by atoms with E-state index >= 15 is 0 Å². The quantitative estimate of drug-likeness (QED) is 0.761. The lowest BCUT2D eigenvalue weighted by molar-refractivity contribution is -0.875. The minimum atomic E-state index is 0.907. The zero-order chi connectivity index (χ0) is 13.7. The summed E-state index contributed by atoms with van der Waals surface area (Å²) in [5.41, 5.74) is 1.12. The van der Waals surface area contributed by atoms with E-state index in [9.17, 15) is 0 Å². The molecule has 0 aliphatic heterocycles. The van der Waals surface area contributed by atoms with Crippen LogP contribution in [0, 0.1) is 0 Å². The van der Waals surface area contributed by atoms with Crippen LogP contribution in [0.25, 0.3) is 11.3 Å². The van der Waals surface area contributed by atoms with Crippen LogP contribution in [0.15, 0.2) is 45.3 Å². The maximum Gasteiger partial charge on any atom is 0.158 e. The molecule has 0 aliphatic rings. The van der Waals surface area contributed by atoms with Gasteiger partial charge in [0, 0.05) is 10.0 Å². The number of nitrogens with two attached hydrogens (primary N) is 1. The third-order valence-corrected chi connectivity index (χ3v) is 3.51. The first-order valence-electron chi connectivity index (χ1n) is 6.60. The fraction of sp³-hybridized carbons (Fsp3) is 0.333. The van der Waals surface area contributed by atoms with Crippen LogP contribution in [0.1, 0.15) is 5.76 Å². The Kier molecular flexibility index (Phi) is 5.19. The van der Waals surface area contributed by atoms with Gasteiger partial charge in [-0.15, -0.1) is 0 Å². The van der Waals surface area contributed by atoms with Gasteiger partial charge in [-0.1, -0.05) is 28.1 Å². The molecule has 0 bridgehead atoms. The van der Waals surface area contributed by atoms with Crippen LogP contribution in [-0.2, 0) is 6.54 Å². The van der Waals surface area contributed by atoms with E-state index in [1.54, 1.807) is 0 Å². The van der Waals surface area contributed by atoms with Crippen molar-refractivity contribution in [1.29, 1.82) is 0 Å². The van der Waals surface area contributed by atoms with Crippen molar-refractivity contribution >= 4 is 15.9 Å². The number of benzene rings is 1. The van der Waals surface area contributed by atoms with E-state index in [-0.39, 0.29) is 0 Å². The van der Waals surface area contributed by atoms with Crippen LogP contribution in [0.3, 0.4) is 0 Å². The van der Waals surface area contributed by atoms with Crippen LogP contribution in [0.2, 0.25) is 0 Å². The highest BCUT2D eigenvalue weighted by atomic mass is 79.9. The molecule has 0 saturated carbocycles. The molecular formula is C15H21BrN2O+2. The van der Waals surface area contributed by atoms with Crippen molar-refractivity contribution in [1.82, 2.24) is 0 Å². The molecule has 4 heteroatoms. The van der Waals surface area contributed by atoms with Gasteiger partial charge in [0.1, 0.15) is 25.4 Å². The average molecular weight is 325 g/mol. The van der Waals surface area contributed by atoms with E-state index < -0.39 is 0 Å². The molecule has 2 rings (SSSR count). The molecule has 0 fully saturated rings. The Labute approximate surface area is 122 Å². The second-order valence-corrected chi connectivity index (χ2v) is 5.93. The summed E-state index contributed by atoms with van der Waals surface area (Å²) < 4.78 is 6.95. The molecule has 102 valence electrons. The molecule has 3 nitrogen and oxygen atoms in total. The molecule has 2 aromatic rings. The summed E-state index contributed by atoms with van der Waals surface area (Å²) in [5.74, 6) is 1.97. The number of hydrogen-bond acceptors (Lipinski definition) is 1. The number of quaternary nitrogens is 2. The third kappa shape index (κ3) is 4.49. The topological polar surface area (TPSA) is 34.2 Å². The van der Waals surface area contributed by atoms with Gasteiger partial charge in [0.25, 0.3) is 0 Å². The lowest BCUT2D eigenvalue weighted by Crippen LogP contribution is -3.09. The maximum absolute atomic E-state index is 5.86. The molecule has 0 spiro atoms. The summed E-state index contributed by atoms with van der Waals surface area (Å²) >= 11 is 3.44. The standard InChI is InChI=1S/C15H19BrN2O/c1-18(2)10-9-17-11-14-7-8-15(19-14)12-3-5-13(16)6-4-12/h3-8,17H,9-11H2,1-2H3/p+2. The van der Waals surface area contributed by atoms with Crippen LogP contribution in [-0.4, -0.2) is 27.2 Å². The zero-order valence-corrected chi connectivity index (χ0v) is 13.0. The normalized spacial score (nSPS) is 11.2. The van der Waals surface area contributed by atoms with E-state index in [4.69, 9.17) is 4.42 Å². The molecule has 19 heavy (non-hydrogen) atoms. The molecule has 0 radical (unpaired) electrons. The largest absolute Gasteiger partial charge is 0.455 e. The number of likely N-dealkylation sites (N-methyl/N-ethyl adjacent to an activating group) is 1. The van der Waals surface area contributed by atoms with Crippen molar-refractivity contribution in [3.8, 4) is 11.3 Å². The van der Waals surface area contributed by atoms with Crippen LogP contribution >= 0.6 is 15.9 Å². The van der Waals surface area contributed by atoms with Crippen molar-refractivity contribution in [2.75, 3.05) is 27.2 Å². The summed E-state index contributed by atoms with van der Waals surface area (Å²) in [6, 6.07) is 12.3. The Hall–Kier alpha value is -1.10. The van der Waals surface area contributed by atoms with E-state index in [2.05, 4.69) is 53.5 Å². The van der Waals surface area contributed by atoms with Crippen LogP contribution in [0.5, 0.6) is 0 Å². The number of hydrogen-bond donors (Lipinski definition) is 2. The van der Waals surface area contributed by atoms with Gasteiger partial charge in [-0.25, -0.2) is 0 Å². The molecule has 0 unspecified atom stereocenters. The summed E-state index contributed by atoms with van der Waals surface area (Å²) in [6.45, 7) is 3.20.